The fourth-order valence-corrected chi connectivity index (χ4v) is 2.13. The average Bonchev–Trinajstić information content (AvgIpc) is 2.71. The van der Waals surface area contributed by atoms with E-state index >= 15 is 0 Å². The lowest BCUT2D eigenvalue weighted by molar-refractivity contribution is -0.380. The van der Waals surface area contributed by atoms with Gasteiger partial charge in [-0.05, 0) is 11.3 Å². The Morgan fingerprint density at radius 3 is 2.87 bits per heavy atom. The first kappa shape index (κ1) is 10.1. The molecule has 0 saturated carbocycles. The van der Waals surface area contributed by atoms with E-state index < -0.39 is 4.92 Å². The van der Waals surface area contributed by atoms with Crippen LogP contribution in [0.15, 0.2) is 17.4 Å². The minimum atomic E-state index is -0.467. The number of aromatic nitrogens is 3. The van der Waals surface area contributed by atoms with Crippen molar-refractivity contribution >= 4 is 29.0 Å². The maximum Gasteiger partial charge on any atom is 0.344 e. The van der Waals surface area contributed by atoms with Gasteiger partial charge in [-0.3, -0.25) is 10.1 Å². The smallest absolute Gasteiger partial charge is 0.331 e. The van der Waals surface area contributed by atoms with Crippen molar-refractivity contribution in [3.8, 4) is 10.8 Å². The third-order valence-corrected chi connectivity index (χ3v) is 2.89. The molecule has 0 spiro atoms. The van der Waals surface area contributed by atoms with Crippen LogP contribution in [0.1, 0.15) is 0 Å². The van der Waals surface area contributed by atoms with Gasteiger partial charge in [0.1, 0.15) is 11.2 Å². The molecular formula is C7H6N4O2S2. The van der Waals surface area contributed by atoms with Gasteiger partial charge in [0, 0.05) is 13.2 Å². The van der Waals surface area contributed by atoms with Crippen molar-refractivity contribution in [2.45, 2.75) is 5.03 Å². The van der Waals surface area contributed by atoms with Crippen LogP contribution in [-0.2, 0) is 7.05 Å². The number of thiazole rings is 1. The molecular weight excluding hydrogens is 236 g/mol. The molecule has 0 bridgehead atoms. The second-order valence-corrected chi connectivity index (χ2v) is 4.26. The quantitative estimate of drug-likeness (QED) is 0.494. The highest BCUT2D eigenvalue weighted by Gasteiger charge is 2.16. The maximum absolute atomic E-state index is 10.5. The van der Waals surface area contributed by atoms with Crippen molar-refractivity contribution in [2.75, 3.05) is 0 Å². The number of aryl methyl sites for hydroxylation is 1. The summed E-state index contributed by atoms with van der Waals surface area (Å²) in [5.41, 5.74) is 0. The van der Waals surface area contributed by atoms with Crippen molar-refractivity contribution in [1.29, 1.82) is 0 Å². The Balaban J connectivity index is 2.45. The molecule has 2 aromatic heterocycles. The number of nitrogens with zero attached hydrogens (tertiary/aromatic N) is 4. The lowest BCUT2D eigenvalue weighted by Crippen LogP contribution is -1.89. The molecule has 0 amide bonds. The lowest BCUT2D eigenvalue weighted by Gasteiger charge is -1.93. The van der Waals surface area contributed by atoms with E-state index in [1.807, 2.05) is 0 Å². The van der Waals surface area contributed by atoms with Crippen LogP contribution in [-0.4, -0.2) is 19.5 Å². The normalized spacial score (nSPS) is 10.5. The van der Waals surface area contributed by atoms with E-state index in [1.165, 1.54) is 6.20 Å². The molecule has 0 saturated heterocycles. The zero-order valence-electron chi connectivity index (χ0n) is 7.62. The first-order valence-corrected chi connectivity index (χ1v) is 5.17. The Bertz CT molecular complexity index is 519. The summed E-state index contributed by atoms with van der Waals surface area (Å²) in [7, 11) is 1.79. The van der Waals surface area contributed by atoms with Gasteiger partial charge in [-0.15, -0.1) is 12.6 Å². The van der Waals surface area contributed by atoms with E-state index in [4.69, 9.17) is 0 Å². The molecule has 2 rings (SSSR count). The summed E-state index contributed by atoms with van der Waals surface area (Å²) >= 11 is 5.08. The number of imidazole rings is 1. The van der Waals surface area contributed by atoms with Crippen LogP contribution < -0.4 is 0 Å². The summed E-state index contributed by atoms with van der Waals surface area (Å²) in [5, 5.41) is 11.6. The fraction of sp³-hybridized carbons (Fsp3) is 0.143. The Morgan fingerprint density at radius 2 is 2.40 bits per heavy atom. The summed E-state index contributed by atoms with van der Waals surface area (Å²) < 4.78 is 1.73. The molecule has 0 aliphatic rings. The lowest BCUT2D eigenvalue weighted by atomic mass is 10.6. The van der Waals surface area contributed by atoms with Gasteiger partial charge in [-0.2, -0.15) is 0 Å². The fourth-order valence-electron chi connectivity index (χ4n) is 1.10. The summed E-state index contributed by atoms with van der Waals surface area (Å²) in [5.74, 6) is 0.582. The molecule has 8 heteroatoms. The molecule has 6 nitrogen and oxygen atoms in total. The van der Waals surface area contributed by atoms with E-state index in [0.717, 1.165) is 11.3 Å². The molecule has 0 atom stereocenters. The second-order valence-electron chi connectivity index (χ2n) is 2.79. The van der Waals surface area contributed by atoms with Crippen LogP contribution in [0.4, 0.5) is 5.00 Å². The van der Waals surface area contributed by atoms with Crippen molar-refractivity contribution < 1.29 is 4.92 Å². The van der Waals surface area contributed by atoms with Gasteiger partial charge in [0.05, 0.1) is 4.92 Å². The Labute approximate surface area is 94.2 Å². The Kier molecular flexibility index (Phi) is 2.45. The molecule has 0 aromatic carbocycles. The Hall–Kier alpha value is -1.41. The molecule has 2 heterocycles. The average molecular weight is 242 g/mol. The Morgan fingerprint density at radius 1 is 1.67 bits per heavy atom. The highest BCUT2D eigenvalue weighted by molar-refractivity contribution is 7.80. The minimum Gasteiger partial charge on any atom is -0.331 e. The van der Waals surface area contributed by atoms with Crippen LogP contribution in [0, 0.1) is 10.1 Å². The zero-order chi connectivity index (χ0) is 11.0. The summed E-state index contributed by atoms with van der Waals surface area (Å²) in [4.78, 5) is 18.0. The monoisotopic (exact) mass is 242 g/mol. The topological polar surface area (TPSA) is 73.8 Å². The molecule has 0 aliphatic carbocycles. The van der Waals surface area contributed by atoms with Gasteiger partial charge < -0.3 is 4.57 Å². The molecule has 2 aromatic rings. The molecule has 15 heavy (non-hydrogen) atoms. The number of hydrogen-bond donors (Lipinski definition) is 1. The third-order valence-electron chi connectivity index (χ3n) is 1.73. The first-order chi connectivity index (χ1) is 7.08. The number of nitro groups is 1. The standard InChI is InChI=1S/C7H6N4O2S2/c1-10-3-4(14)9-6(10)7-8-2-5(15-7)11(12)13/h2-3,14H,1H3. The zero-order valence-corrected chi connectivity index (χ0v) is 9.33. The van der Waals surface area contributed by atoms with Gasteiger partial charge in [0.15, 0.2) is 10.8 Å². The number of thiol groups is 1. The van der Waals surface area contributed by atoms with E-state index in [1.54, 1.807) is 17.8 Å². The van der Waals surface area contributed by atoms with E-state index in [-0.39, 0.29) is 5.00 Å². The van der Waals surface area contributed by atoms with E-state index in [0.29, 0.717) is 15.9 Å². The van der Waals surface area contributed by atoms with E-state index in [2.05, 4.69) is 22.6 Å². The predicted octanol–water partition coefficient (Wildman–Crippen LogP) is 1.74. The SMILES string of the molecule is Cn1cc(S)nc1-c1ncc([N+](=O)[O-])s1. The molecule has 0 N–H and O–H groups in total. The second kappa shape index (κ2) is 3.63. The van der Waals surface area contributed by atoms with Gasteiger partial charge in [-0.25, -0.2) is 9.97 Å². The van der Waals surface area contributed by atoms with Crippen LogP contribution in [0.25, 0.3) is 10.8 Å². The molecule has 0 aliphatic heterocycles. The third kappa shape index (κ3) is 1.85. The highest BCUT2D eigenvalue weighted by Crippen LogP contribution is 2.29. The van der Waals surface area contributed by atoms with Gasteiger partial charge in [0.25, 0.3) is 0 Å². The van der Waals surface area contributed by atoms with Crippen LogP contribution in [0.2, 0.25) is 0 Å². The highest BCUT2D eigenvalue weighted by atomic mass is 32.1. The van der Waals surface area contributed by atoms with Gasteiger partial charge in [-0.1, -0.05) is 0 Å². The summed E-state index contributed by atoms with van der Waals surface area (Å²) in [6, 6.07) is 0. The maximum atomic E-state index is 10.5. The van der Waals surface area contributed by atoms with Crippen LogP contribution in [0.3, 0.4) is 0 Å². The van der Waals surface area contributed by atoms with Crippen molar-refractivity contribution in [1.82, 2.24) is 14.5 Å². The van der Waals surface area contributed by atoms with Gasteiger partial charge >= 0.3 is 5.00 Å². The summed E-state index contributed by atoms with van der Waals surface area (Å²) in [6.45, 7) is 0. The van der Waals surface area contributed by atoms with Crippen molar-refractivity contribution in [3.05, 3.63) is 22.5 Å². The first-order valence-electron chi connectivity index (χ1n) is 3.91. The van der Waals surface area contributed by atoms with Crippen molar-refractivity contribution in [3.63, 3.8) is 0 Å². The van der Waals surface area contributed by atoms with Crippen molar-refractivity contribution in [2.24, 2.45) is 7.05 Å². The van der Waals surface area contributed by atoms with E-state index in [9.17, 15) is 10.1 Å². The molecule has 0 unspecified atom stereocenters. The van der Waals surface area contributed by atoms with Gasteiger partial charge in [0.2, 0.25) is 0 Å². The molecule has 78 valence electrons. The minimum absolute atomic E-state index is 0.00807. The largest absolute Gasteiger partial charge is 0.344 e. The molecule has 0 radical (unpaired) electrons. The van der Waals surface area contributed by atoms with Crippen LogP contribution in [0.5, 0.6) is 0 Å². The number of rotatable bonds is 2. The van der Waals surface area contributed by atoms with Crippen LogP contribution >= 0.6 is 24.0 Å². The predicted molar refractivity (Wildman–Crippen MR) is 58.2 cm³/mol. The summed E-state index contributed by atoms with van der Waals surface area (Å²) in [6.07, 6.45) is 2.94. The molecule has 0 fully saturated rings. The number of hydrogen-bond acceptors (Lipinski definition) is 6.